The van der Waals surface area contributed by atoms with E-state index in [0.29, 0.717) is 29.4 Å². The monoisotopic (exact) mass is 762 g/mol. The lowest BCUT2D eigenvalue weighted by Crippen LogP contribution is -2.45. The molecule has 3 rings (SSSR count). The number of allylic oxidation sites excluding steroid dienone is 1. The lowest BCUT2D eigenvalue weighted by atomic mass is 9.95. The first-order valence-electron chi connectivity index (χ1n) is 11.9. The van der Waals surface area contributed by atoms with Gasteiger partial charge in [0.25, 0.3) is 5.91 Å². The first-order valence-corrected chi connectivity index (χ1v) is 14.0. The van der Waals surface area contributed by atoms with Crippen LogP contribution < -0.4 is 30.3 Å². The van der Waals surface area contributed by atoms with Gasteiger partial charge in [0, 0.05) is 5.70 Å². The highest BCUT2D eigenvalue weighted by Gasteiger charge is 2.32. The summed E-state index contributed by atoms with van der Waals surface area (Å²) in [6.45, 7) is 5.71. The number of benzene rings is 2. The fraction of sp³-hybridized carbons (Fsp3) is 0.308. The lowest BCUT2D eigenvalue weighted by molar-refractivity contribution is -0.139. The first-order chi connectivity index (χ1) is 18.7. The first kappa shape index (κ1) is 30.5. The average Bonchev–Trinajstić information content (AvgIpc) is 2.89. The number of rotatable bonds is 11. The molecule has 0 bridgehead atoms. The fourth-order valence-electron chi connectivity index (χ4n) is 3.70. The summed E-state index contributed by atoms with van der Waals surface area (Å²) >= 11 is 4.39. The molecule has 13 heteroatoms. The van der Waals surface area contributed by atoms with Gasteiger partial charge in [-0.3, -0.25) is 4.79 Å². The Balaban J connectivity index is 1.67. The van der Waals surface area contributed by atoms with Crippen molar-refractivity contribution in [1.82, 2.24) is 16.1 Å². The molecule has 0 radical (unpaired) electrons. The summed E-state index contributed by atoms with van der Waals surface area (Å²) in [7, 11) is 1.45. The van der Waals surface area contributed by atoms with Crippen molar-refractivity contribution >= 4 is 69.3 Å². The van der Waals surface area contributed by atoms with E-state index in [9.17, 15) is 14.4 Å². The van der Waals surface area contributed by atoms with E-state index in [-0.39, 0.29) is 18.8 Å². The summed E-state index contributed by atoms with van der Waals surface area (Å²) in [5, 5.41) is 9.33. The third-order valence-corrected chi connectivity index (χ3v) is 6.96. The molecule has 39 heavy (non-hydrogen) atoms. The Morgan fingerprint density at radius 1 is 1.08 bits per heavy atom. The zero-order chi connectivity index (χ0) is 28.5. The number of amides is 3. The second kappa shape index (κ2) is 14.3. The van der Waals surface area contributed by atoms with Crippen molar-refractivity contribution in [3.63, 3.8) is 0 Å². The molecule has 1 aliphatic heterocycles. The van der Waals surface area contributed by atoms with E-state index < -0.39 is 23.9 Å². The van der Waals surface area contributed by atoms with Gasteiger partial charge in [0.1, 0.15) is 5.75 Å². The van der Waals surface area contributed by atoms with Gasteiger partial charge in [-0.1, -0.05) is 6.07 Å². The van der Waals surface area contributed by atoms with Crippen molar-refractivity contribution < 1.29 is 33.3 Å². The number of hydrogen-bond acceptors (Lipinski definition) is 8. The summed E-state index contributed by atoms with van der Waals surface area (Å²) in [5.74, 6) is 0.421. The van der Waals surface area contributed by atoms with E-state index in [1.165, 1.54) is 13.3 Å². The van der Waals surface area contributed by atoms with Gasteiger partial charge < -0.3 is 29.6 Å². The largest absolute Gasteiger partial charge is 0.493 e. The molecule has 3 N–H and O–H groups in total. The van der Waals surface area contributed by atoms with Crippen molar-refractivity contribution in [2.45, 2.75) is 26.8 Å². The van der Waals surface area contributed by atoms with Crippen LogP contribution in [0.2, 0.25) is 0 Å². The summed E-state index contributed by atoms with van der Waals surface area (Å²) in [6, 6.07) is 7.50. The molecule has 2 aromatic rings. The van der Waals surface area contributed by atoms with Crippen LogP contribution in [0.1, 0.15) is 37.9 Å². The van der Waals surface area contributed by atoms with Gasteiger partial charge in [0.15, 0.2) is 18.1 Å². The van der Waals surface area contributed by atoms with Gasteiger partial charge in [-0.15, -0.1) is 0 Å². The maximum Gasteiger partial charge on any atom is 0.338 e. The van der Waals surface area contributed by atoms with Crippen LogP contribution in [-0.4, -0.2) is 51.1 Å². The van der Waals surface area contributed by atoms with Crippen LogP contribution in [0, 0.1) is 7.14 Å². The quantitative estimate of drug-likeness (QED) is 0.136. The standard InChI is InChI=1S/C26H28I2N4O7/c1-5-37-24-17(27)9-15(10-18(24)28)12-29-32-21(33)13-39-19-8-7-16(11-20(19)36-4)23-22(25(34)38-6-2)14(3)30-26(35)31-23/h7-12,23H,5-6,13H2,1-4H3,(H,32,33)(H2,30,31,35)/b29-12-/t23-/m0/s1. The number of halogens is 2. The number of nitrogens with one attached hydrogen (secondary N) is 3. The van der Waals surface area contributed by atoms with E-state index >= 15 is 0 Å². The van der Waals surface area contributed by atoms with Gasteiger partial charge in [-0.25, -0.2) is 15.0 Å². The minimum atomic E-state index is -0.757. The Bertz CT molecular complexity index is 1290. The Morgan fingerprint density at radius 3 is 2.44 bits per heavy atom. The van der Waals surface area contributed by atoms with Crippen LogP contribution in [0.3, 0.4) is 0 Å². The van der Waals surface area contributed by atoms with E-state index in [1.54, 1.807) is 32.0 Å². The number of hydrogen-bond donors (Lipinski definition) is 3. The minimum absolute atomic E-state index is 0.192. The van der Waals surface area contributed by atoms with Crippen molar-refractivity contribution in [2.24, 2.45) is 5.10 Å². The molecule has 1 heterocycles. The molecule has 208 valence electrons. The SMILES string of the molecule is CCOC(=O)C1=C(C)NC(=O)N[C@H]1c1ccc(OCC(=O)N/N=C\c2cc(I)c(OCC)c(I)c2)c(OC)c1. The van der Waals surface area contributed by atoms with Crippen LogP contribution in [0.15, 0.2) is 46.7 Å². The number of carbonyl (C=O) groups excluding carboxylic acids is 3. The van der Waals surface area contributed by atoms with Crippen LogP contribution in [0.5, 0.6) is 17.2 Å². The number of urea groups is 1. The maximum absolute atomic E-state index is 12.6. The highest BCUT2D eigenvalue weighted by molar-refractivity contribution is 14.1. The average molecular weight is 762 g/mol. The smallest absolute Gasteiger partial charge is 0.338 e. The Kier molecular flexibility index (Phi) is 11.2. The zero-order valence-corrected chi connectivity index (χ0v) is 26.0. The van der Waals surface area contributed by atoms with Crippen LogP contribution in [0.4, 0.5) is 4.79 Å². The summed E-state index contributed by atoms with van der Waals surface area (Å²) in [5.41, 5.74) is 4.49. The Hall–Kier alpha value is -3.08. The van der Waals surface area contributed by atoms with E-state index in [1.807, 2.05) is 19.1 Å². The summed E-state index contributed by atoms with van der Waals surface area (Å²) in [6.07, 6.45) is 1.54. The molecule has 0 saturated heterocycles. The predicted molar refractivity (Wildman–Crippen MR) is 161 cm³/mol. The zero-order valence-electron chi connectivity index (χ0n) is 21.7. The molecule has 0 unspecified atom stereocenters. The number of nitrogens with zero attached hydrogens (tertiary/aromatic N) is 1. The summed E-state index contributed by atoms with van der Waals surface area (Å²) in [4.78, 5) is 37.0. The fourth-order valence-corrected chi connectivity index (χ4v) is 5.82. The third kappa shape index (κ3) is 7.97. The molecule has 1 atom stereocenters. The molecule has 0 aliphatic carbocycles. The molecule has 0 fully saturated rings. The van der Waals surface area contributed by atoms with Gasteiger partial charge in [-0.05, 0) is 101 Å². The number of carbonyl (C=O) groups is 3. The van der Waals surface area contributed by atoms with Gasteiger partial charge in [-0.2, -0.15) is 5.10 Å². The maximum atomic E-state index is 12.6. The molecule has 0 saturated carbocycles. The number of ether oxygens (including phenoxy) is 4. The number of esters is 1. The van der Waals surface area contributed by atoms with Crippen LogP contribution >= 0.6 is 45.2 Å². The number of hydrazone groups is 1. The molecule has 0 aromatic heterocycles. The van der Waals surface area contributed by atoms with E-state index in [0.717, 1.165) is 18.5 Å². The van der Waals surface area contributed by atoms with E-state index in [2.05, 4.69) is 66.3 Å². The van der Waals surface area contributed by atoms with Gasteiger partial charge >= 0.3 is 12.0 Å². The number of methoxy groups -OCH3 is 1. The van der Waals surface area contributed by atoms with Crippen LogP contribution in [0.25, 0.3) is 0 Å². The summed E-state index contributed by atoms with van der Waals surface area (Å²) < 4.78 is 23.8. The molecule has 2 aromatic carbocycles. The third-order valence-electron chi connectivity index (χ3n) is 5.36. The Labute approximate surface area is 253 Å². The van der Waals surface area contributed by atoms with Crippen LogP contribution in [-0.2, 0) is 14.3 Å². The van der Waals surface area contributed by atoms with Crippen molar-refractivity contribution in [3.8, 4) is 17.2 Å². The Morgan fingerprint density at radius 2 is 1.79 bits per heavy atom. The van der Waals surface area contributed by atoms with Crippen molar-refractivity contribution in [2.75, 3.05) is 26.9 Å². The van der Waals surface area contributed by atoms with Crippen molar-refractivity contribution in [3.05, 3.63) is 59.9 Å². The highest BCUT2D eigenvalue weighted by atomic mass is 127. The van der Waals surface area contributed by atoms with E-state index in [4.69, 9.17) is 18.9 Å². The predicted octanol–water partition coefficient (Wildman–Crippen LogP) is 4.02. The highest BCUT2D eigenvalue weighted by Crippen LogP contribution is 2.34. The second-order valence-corrected chi connectivity index (χ2v) is 10.4. The molecule has 0 spiro atoms. The van der Waals surface area contributed by atoms with Gasteiger partial charge in [0.05, 0.1) is 45.3 Å². The lowest BCUT2D eigenvalue weighted by Gasteiger charge is -2.28. The second-order valence-electron chi connectivity index (χ2n) is 8.03. The molecule has 1 aliphatic rings. The molecule has 11 nitrogen and oxygen atoms in total. The van der Waals surface area contributed by atoms with Crippen molar-refractivity contribution in [1.29, 1.82) is 0 Å². The molecular weight excluding hydrogens is 734 g/mol. The normalized spacial score (nSPS) is 14.9. The molecule has 3 amide bonds. The van der Waals surface area contributed by atoms with Gasteiger partial charge in [0.2, 0.25) is 0 Å². The topological polar surface area (TPSA) is 137 Å². The molecular formula is C26H28I2N4O7. The minimum Gasteiger partial charge on any atom is -0.493 e.